The predicted octanol–water partition coefficient (Wildman–Crippen LogP) is 2.18. The summed E-state index contributed by atoms with van der Waals surface area (Å²) in [6.07, 6.45) is 0. The van der Waals surface area contributed by atoms with Crippen LogP contribution >= 0.6 is 34.8 Å². The number of nitrogens with two attached hydrogens (primary N) is 1. The summed E-state index contributed by atoms with van der Waals surface area (Å²) in [6, 6.07) is 0. The van der Waals surface area contributed by atoms with E-state index in [1.165, 1.54) is 7.11 Å². The van der Waals surface area contributed by atoms with Crippen LogP contribution in [0.3, 0.4) is 0 Å². The number of carbonyl (C=O) groups excluding carboxylic acids is 1. The Morgan fingerprint density at radius 2 is 2.00 bits per heavy atom. The molecule has 88 valence electrons. The van der Waals surface area contributed by atoms with Crippen molar-refractivity contribution in [2.45, 2.75) is 0 Å². The third-order valence-corrected chi connectivity index (χ3v) is 2.71. The van der Waals surface area contributed by atoms with E-state index < -0.39 is 5.97 Å². The molecule has 0 fully saturated rings. The van der Waals surface area contributed by atoms with Crippen LogP contribution in [-0.4, -0.2) is 24.7 Å². The van der Waals surface area contributed by atoms with Crippen molar-refractivity contribution < 1.29 is 14.3 Å². The molecule has 0 saturated carbocycles. The first-order chi connectivity index (χ1) is 7.47. The Bertz CT molecular complexity index is 425. The number of nitrogen functional groups attached to an aromatic ring is 1. The van der Waals surface area contributed by atoms with Gasteiger partial charge in [-0.1, -0.05) is 34.8 Å². The van der Waals surface area contributed by atoms with Gasteiger partial charge in [-0.05, 0) is 0 Å². The number of pyridine rings is 1. The average Bonchev–Trinajstić information content (AvgIpc) is 2.28. The van der Waals surface area contributed by atoms with Crippen LogP contribution in [0.5, 0.6) is 5.88 Å². The molecule has 0 spiro atoms. The van der Waals surface area contributed by atoms with E-state index in [1.54, 1.807) is 0 Å². The predicted molar refractivity (Wildman–Crippen MR) is 61.2 cm³/mol. The van der Waals surface area contributed by atoms with E-state index in [2.05, 4.69) is 9.72 Å². The smallest absolute Gasteiger partial charge is 0.343 e. The summed E-state index contributed by atoms with van der Waals surface area (Å²) in [5.41, 5.74) is 5.58. The molecule has 1 aromatic heterocycles. The van der Waals surface area contributed by atoms with E-state index in [1.807, 2.05) is 0 Å². The van der Waals surface area contributed by atoms with Gasteiger partial charge < -0.3 is 15.2 Å². The summed E-state index contributed by atoms with van der Waals surface area (Å²) < 4.78 is 9.34. The molecule has 0 bridgehead atoms. The molecule has 16 heavy (non-hydrogen) atoms. The molecule has 0 aromatic carbocycles. The average molecular weight is 286 g/mol. The van der Waals surface area contributed by atoms with Crippen molar-refractivity contribution in [3.05, 3.63) is 15.2 Å². The monoisotopic (exact) mass is 284 g/mol. The second kappa shape index (κ2) is 5.43. The van der Waals surface area contributed by atoms with Crippen LogP contribution in [0.1, 0.15) is 0 Å². The van der Waals surface area contributed by atoms with E-state index >= 15 is 0 Å². The van der Waals surface area contributed by atoms with E-state index in [0.29, 0.717) is 0 Å². The first kappa shape index (κ1) is 13.2. The van der Waals surface area contributed by atoms with Crippen LogP contribution in [0.15, 0.2) is 0 Å². The SMILES string of the molecule is COC(=O)COc1nc(Cl)c(Cl)c(N)c1Cl. The van der Waals surface area contributed by atoms with Crippen LogP contribution in [0.2, 0.25) is 15.2 Å². The number of aromatic nitrogens is 1. The topological polar surface area (TPSA) is 74.4 Å². The van der Waals surface area contributed by atoms with Gasteiger partial charge in [0.15, 0.2) is 11.8 Å². The maximum absolute atomic E-state index is 10.8. The van der Waals surface area contributed by atoms with Gasteiger partial charge in [0.1, 0.15) is 10.0 Å². The molecule has 1 heterocycles. The lowest BCUT2D eigenvalue weighted by molar-refractivity contribution is -0.143. The normalized spacial score (nSPS) is 10.0. The van der Waals surface area contributed by atoms with Crippen LogP contribution in [0, 0.1) is 0 Å². The van der Waals surface area contributed by atoms with Gasteiger partial charge in [-0.2, -0.15) is 4.98 Å². The number of ether oxygens (including phenoxy) is 2. The highest BCUT2D eigenvalue weighted by molar-refractivity contribution is 6.45. The Labute approximate surface area is 106 Å². The van der Waals surface area contributed by atoms with Gasteiger partial charge in [-0.15, -0.1) is 0 Å². The van der Waals surface area contributed by atoms with Crippen LogP contribution in [0.25, 0.3) is 0 Å². The number of nitrogens with zero attached hydrogens (tertiary/aromatic N) is 1. The largest absolute Gasteiger partial charge is 0.466 e. The molecule has 0 unspecified atom stereocenters. The third-order valence-electron chi connectivity index (χ3n) is 1.60. The third kappa shape index (κ3) is 2.81. The Hall–Kier alpha value is -0.910. The van der Waals surface area contributed by atoms with Crippen molar-refractivity contribution in [1.29, 1.82) is 0 Å². The van der Waals surface area contributed by atoms with Crippen LogP contribution in [0.4, 0.5) is 5.69 Å². The molecule has 0 saturated heterocycles. The summed E-state index contributed by atoms with van der Waals surface area (Å²) >= 11 is 17.1. The molecule has 0 atom stereocenters. The number of hydrogen-bond acceptors (Lipinski definition) is 5. The first-order valence-corrected chi connectivity index (χ1v) is 5.10. The first-order valence-electron chi connectivity index (χ1n) is 3.97. The van der Waals surface area contributed by atoms with Crippen LogP contribution in [-0.2, 0) is 9.53 Å². The van der Waals surface area contributed by atoms with Crippen molar-refractivity contribution in [2.24, 2.45) is 0 Å². The Balaban J connectivity index is 2.93. The summed E-state index contributed by atoms with van der Waals surface area (Å²) in [6.45, 7) is -0.347. The molecule has 0 radical (unpaired) electrons. The van der Waals surface area contributed by atoms with E-state index in [9.17, 15) is 4.79 Å². The Kier molecular flexibility index (Phi) is 4.46. The van der Waals surface area contributed by atoms with Gasteiger partial charge in [0.05, 0.1) is 12.8 Å². The molecule has 2 N–H and O–H groups in total. The highest BCUT2D eigenvalue weighted by Crippen LogP contribution is 2.37. The molecular formula is C8H7Cl3N2O3. The Morgan fingerprint density at radius 3 is 2.56 bits per heavy atom. The minimum atomic E-state index is -0.581. The number of rotatable bonds is 3. The fourth-order valence-electron chi connectivity index (χ4n) is 0.792. The van der Waals surface area contributed by atoms with Gasteiger partial charge in [-0.3, -0.25) is 0 Å². The lowest BCUT2D eigenvalue weighted by Crippen LogP contribution is -2.13. The maximum Gasteiger partial charge on any atom is 0.343 e. The zero-order chi connectivity index (χ0) is 12.3. The van der Waals surface area contributed by atoms with Gasteiger partial charge in [-0.25, -0.2) is 4.79 Å². The fraction of sp³-hybridized carbons (Fsp3) is 0.250. The van der Waals surface area contributed by atoms with Crippen molar-refractivity contribution in [1.82, 2.24) is 4.98 Å². The molecule has 0 aliphatic carbocycles. The number of hydrogen-bond donors (Lipinski definition) is 1. The van der Waals surface area contributed by atoms with Crippen molar-refractivity contribution in [3.8, 4) is 5.88 Å². The molecule has 0 amide bonds. The minimum absolute atomic E-state index is 0.00157. The lowest BCUT2D eigenvalue weighted by Gasteiger charge is -2.09. The van der Waals surface area contributed by atoms with Crippen LogP contribution < -0.4 is 10.5 Å². The molecule has 1 aromatic rings. The van der Waals surface area contributed by atoms with Gasteiger partial charge in [0, 0.05) is 0 Å². The number of esters is 1. The van der Waals surface area contributed by atoms with Crippen molar-refractivity contribution in [2.75, 3.05) is 19.5 Å². The zero-order valence-corrected chi connectivity index (χ0v) is 10.4. The molecular weight excluding hydrogens is 278 g/mol. The molecule has 5 nitrogen and oxygen atoms in total. The lowest BCUT2D eigenvalue weighted by atomic mass is 10.4. The van der Waals surface area contributed by atoms with Crippen molar-refractivity contribution in [3.63, 3.8) is 0 Å². The summed E-state index contributed by atoms with van der Waals surface area (Å²) in [5, 5.41) is -0.0150. The van der Waals surface area contributed by atoms with Gasteiger partial charge in [0.2, 0.25) is 5.88 Å². The fourth-order valence-corrected chi connectivity index (χ4v) is 1.35. The second-order valence-corrected chi connectivity index (χ2v) is 3.73. The molecule has 0 aliphatic heterocycles. The highest BCUT2D eigenvalue weighted by Gasteiger charge is 2.16. The highest BCUT2D eigenvalue weighted by atomic mass is 35.5. The number of halogens is 3. The van der Waals surface area contributed by atoms with Crippen molar-refractivity contribution >= 4 is 46.5 Å². The molecule has 8 heteroatoms. The van der Waals surface area contributed by atoms with E-state index in [0.717, 1.165) is 0 Å². The van der Waals surface area contributed by atoms with Gasteiger partial charge in [0.25, 0.3) is 0 Å². The van der Waals surface area contributed by atoms with Gasteiger partial charge >= 0.3 is 5.97 Å². The zero-order valence-electron chi connectivity index (χ0n) is 8.09. The summed E-state index contributed by atoms with van der Waals surface area (Å²) in [4.78, 5) is 14.6. The minimum Gasteiger partial charge on any atom is -0.466 e. The summed E-state index contributed by atoms with van der Waals surface area (Å²) in [7, 11) is 1.23. The standard InChI is InChI=1S/C8H7Cl3N2O3/c1-15-3(14)2-16-8-5(10)6(12)4(9)7(11)13-8/h2H2,1H3,(H2,12,13). The van der Waals surface area contributed by atoms with E-state index in [4.69, 9.17) is 45.3 Å². The Morgan fingerprint density at radius 1 is 1.38 bits per heavy atom. The number of carbonyl (C=O) groups is 1. The molecule has 0 aliphatic rings. The summed E-state index contributed by atoms with van der Waals surface area (Å²) in [5.74, 6) is -0.651. The van der Waals surface area contributed by atoms with E-state index in [-0.39, 0.29) is 33.4 Å². The number of anilines is 1. The quantitative estimate of drug-likeness (QED) is 0.680. The maximum atomic E-state index is 10.8. The number of methoxy groups -OCH3 is 1. The molecule has 1 rings (SSSR count). The second-order valence-electron chi connectivity index (χ2n) is 2.61.